The van der Waals surface area contributed by atoms with E-state index in [4.69, 9.17) is 16.6 Å². The first-order chi connectivity index (χ1) is 10.4. The summed E-state index contributed by atoms with van der Waals surface area (Å²) >= 11 is 5.07. The van der Waals surface area contributed by atoms with Gasteiger partial charge in [-0.2, -0.15) is 18.3 Å². The van der Waals surface area contributed by atoms with Crippen molar-refractivity contribution in [2.45, 2.75) is 19.5 Å². The van der Waals surface area contributed by atoms with Crippen molar-refractivity contribution >= 4 is 23.0 Å². The van der Waals surface area contributed by atoms with E-state index in [1.807, 2.05) is 0 Å². The van der Waals surface area contributed by atoms with Crippen molar-refractivity contribution in [1.82, 2.24) is 15.1 Å². The molecule has 2 heterocycles. The molecular weight excluding hydrogens is 321 g/mol. The number of halogens is 3. The first kappa shape index (κ1) is 16.3. The predicted octanol–water partition coefficient (Wildman–Crippen LogP) is 2.50. The van der Waals surface area contributed by atoms with Crippen LogP contribution in [0.5, 0.6) is 0 Å². The number of aromatic nitrogens is 2. The monoisotopic (exact) mass is 334 g/mol. The van der Waals surface area contributed by atoms with Gasteiger partial charge in [-0.1, -0.05) is 0 Å². The van der Waals surface area contributed by atoms with Gasteiger partial charge in [0.05, 0.1) is 30.9 Å². The molecule has 0 amide bonds. The molecule has 2 rings (SSSR count). The number of hydrogen-bond acceptors (Lipinski definition) is 4. The van der Waals surface area contributed by atoms with E-state index >= 15 is 0 Å². The van der Waals surface area contributed by atoms with Crippen LogP contribution in [0.2, 0.25) is 0 Å². The maximum absolute atomic E-state index is 11.9. The van der Waals surface area contributed by atoms with E-state index in [2.05, 4.69) is 20.5 Å². The fraction of sp³-hybridized carbons (Fsp3) is 0.333. The van der Waals surface area contributed by atoms with Gasteiger partial charge < -0.3 is 19.8 Å². The molecule has 0 bridgehead atoms. The molecule has 2 aromatic heterocycles. The lowest BCUT2D eigenvalue weighted by Gasteiger charge is -2.08. The highest BCUT2D eigenvalue weighted by atomic mass is 32.1. The number of anilines is 1. The number of furan rings is 1. The van der Waals surface area contributed by atoms with Gasteiger partial charge >= 0.3 is 6.18 Å². The summed E-state index contributed by atoms with van der Waals surface area (Å²) in [6.45, 7) is -1.20. The Morgan fingerprint density at radius 2 is 2.27 bits per heavy atom. The van der Waals surface area contributed by atoms with E-state index in [0.717, 1.165) is 5.76 Å². The summed E-state index contributed by atoms with van der Waals surface area (Å²) in [5.41, 5.74) is 0.535. The first-order valence-electron chi connectivity index (χ1n) is 6.16. The van der Waals surface area contributed by atoms with Gasteiger partial charge in [0.1, 0.15) is 19.1 Å². The van der Waals surface area contributed by atoms with Crippen molar-refractivity contribution in [2.75, 3.05) is 11.9 Å². The summed E-state index contributed by atoms with van der Waals surface area (Å²) in [5.74, 6) is 0.723. The molecule has 22 heavy (non-hydrogen) atoms. The van der Waals surface area contributed by atoms with Crippen LogP contribution in [0.3, 0.4) is 0 Å². The Bertz CT molecular complexity index is 598. The largest absolute Gasteiger partial charge is 0.467 e. The maximum atomic E-state index is 11.9. The normalized spacial score (nSPS) is 11.4. The van der Waals surface area contributed by atoms with Crippen molar-refractivity contribution in [3.05, 3.63) is 36.5 Å². The molecule has 0 saturated carbocycles. The van der Waals surface area contributed by atoms with Gasteiger partial charge in [-0.05, 0) is 24.4 Å². The Labute approximate surface area is 129 Å². The number of alkyl halides is 3. The summed E-state index contributed by atoms with van der Waals surface area (Å²) in [6, 6.07) is 3.56. The van der Waals surface area contributed by atoms with Crippen LogP contribution < -0.4 is 10.6 Å². The van der Waals surface area contributed by atoms with E-state index in [1.54, 1.807) is 18.4 Å². The molecule has 0 aromatic carbocycles. The van der Waals surface area contributed by atoms with Crippen molar-refractivity contribution < 1.29 is 22.3 Å². The van der Waals surface area contributed by atoms with Crippen molar-refractivity contribution in [3.8, 4) is 0 Å². The number of nitrogens with one attached hydrogen (secondary N) is 2. The first-order valence-corrected chi connectivity index (χ1v) is 6.57. The lowest BCUT2D eigenvalue weighted by molar-refractivity contribution is -0.182. The number of thiocarbonyl (C=S) groups is 1. The zero-order valence-electron chi connectivity index (χ0n) is 11.3. The molecule has 0 fully saturated rings. The summed E-state index contributed by atoms with van der Waals surface area (Å²) in [7, 11) is 0. The van der Waals surface area contributed by atoms with Crippen LogP contribution in [0, 0.1) is 0 Å². The van der Waals surface area contributed by atoms with Crippen molar-refractivity contribution in [2.24, 2.45) is 0 Å². The Balaban J connectivity index is 1.73. The molecule has 0 unspecified atom stereocenters. The van der Waals surface area contributed by atoms with Crippen LogP contribution in [-0.4, -0.2) is 27.7 Å². The molecule has 0 radical (unpaired) electrons. The number of nitrogens with zero attached hydrogens (tertiary/aromatic N) is 2. The minimum absolute atomic E-state index is 0.298. The molecular formula is C12H13F3N4O2S. The molecule has 0 saturated heterocycles. The fourth-order valence-electron chi connectivity index (χ4n) is 1.51. The topological polar surface area (TPSA) is 64.2 Å². The van der Waals surface area contributed by atoms with Gasteiger partial charge in [-0.3, -0.25) is 0 Å². The molecule has 6 nitrogen and oxygen atoms in total. The van der Waals surface area contributed by atoms with Crippen LogP contribution in [0.15, 0.2) is 35.2 Å². The van der Waals surface area contributed by atoms with Gasteiger partial charge in [0, 0.05) is 0 Å². The molecule has 120 valence electrons. The average molecular weight is 334 g/mol. The highest BCUT2D eigenvalue weighted by Gasteiger charge is 2.27. The van der Waals surface area contributed by atoms with Gasteiger partial charge in [-0.25, -0.2) is 4.68 Å². The van der Waals surface area contributed by atoms with Gasteiger partial charge in [-0.15, -0.1) is 0 Å². The minimum Gasteiger partial charge on any atom is -0.467 e. The van der Waals surface area contributed by atoms with Crippen LogP contribution in [0.25, 0.3) is 0 Å². The van der Waals surface area contributed by atoms with Crippen molar-refractivity contribution in [3.63, 3.8) is 0 Å². The highest BCUT2D eigenvalue weighted by Crippen LogP contribution is 2.14. The summed E-state index contributed by atoms with van der Waals surface area (Å²) < 4.78 is 46.7. The molecule has 0 aliphatic carbocycles. The summed E-state index contributed by atoms with van der Waals surface area (Å²) in [5, 5.41) is 9.96. The minimum atomic E-state index is -4.36. The van der Waals surface area contributed by atoms with Crippen molar-refractivity contribution in [1.29, 1.82) is 0 Å². The molecule has 0 atom stereocenters. The Morgan fingerprint density at radius 3 is 2.95 bits per heavy atom. The third-order valence-corrected chi connectivity index (χ3v) is 2.63. The second kappa shape index (κ2) is 7.27. The van der Waals surface area contributed by atoms with Gasteiger partial charge in [0.25, 0.3) is 0 Å². The number of ether oxygens (including phenoxy) is 1. The van der Waals surface area contributed by atoms with Crippen LogP contribution in [-0.2, 0) is 18.0 Å². The summed E-state index contributed by atoms with van der Waals surface area (Å²) in [6.07, 6.45) is 0.110. The number of hydrogen-bond donors (Lipinski definition) is 2. The van der Waals surface area contributed by atoms with E-state index in [1.165, 1.54) is 17.1 Å². The fourth-order valence-corrected chi connectivity index (χ4v) is 1.70. The quantitative estimate of drug-likeness (QED) is 0.792. The Hall–Kier alpha value is -2.07. The SMILES string of the molecule is FC(F)(F)COCn1cc(NC(=S)NCc2ccco2)cn1. The third kappa shape index (κ3) is 5.74. The van der Waals surface area contributed by atoms with E-state index in [9.17, 15) is 13.2 Å². The molecule has 0 spiro atoms. The Morgan fingerprint density at radius 1 is 1.45 bits per heavy atom. The second-order valence-electron chi connectivity index (χ2n) is 4.25. The summed E-state index contributed by atoms with van der Waals surface area (Å²) in [4.78, 5) is 0. The third-order valence-electron chi connectivity index (χ3n) is 2.38. The van der Waals surface area contributed by atoms with E-state index < -0.39 is 12.8 Å². The zero-order chi connectivity index (χ0) is 16.0. The molecule has 10 heteroatoms. The smallest absolute Gasteiger partial charge is 0.411 e. The van der Waals surface area contributed by atoms with Gasteiger partial charge in [0.2, 0.25) is 0 Å². The lowest BCUT2D eigenvalue weighted by atomic mass is 10.4. The second-order valence-corrected chi connectivity index (χ2v) is 4.66. The highest BCUT2D eigenvalue weighted by molar-refractivity contribution is 7.80. The van der Waals surface area contributed by atoms with E-state index in [-0.39, 0.29) is 6.73 Å². The predicted molar refractivity (Wildman–Crippen MR) is 76.0 cm³/mol. The van der Waals surface area contributed by atoms with Crippen LogP contribution >= 0.6 is 12.2 Å². The Kier molecular flexibility index (Phi) is 5.39. The average Bonchev–Trinajstić information content (AvgIpc) is 3.06. The molecule has 2 N–H and O–H groups in total. The van der Waals surface area contributed by atoms with Crippen LogP contribution in [0.1, 0.15) is 5.76 Å². The van der Waals surface area contributed by atoms with Crippen LogP contribution in [0.4, 0.5) is 18.9 Å². The molecule has 0 aliphatic heterocycles. The van der Waals surface area contributed by atoms with Gasteiger partial charge in [0.15, 0.2) is 5.11 Å². The van der Waals surface area contributed by atoms with E-state index in [0.29, 0.717) is 17.3 Å². The maximum Gasteiger partial charge on any atom is 0.411 e. The zero-order valence-corrected chi connectivity index (χ0v) is 12.1. The molecule has 0 aliphatic rings. The molecule has 2 aromatic rings. The standard InChI is InChI=1S/C12H13F3N4O2S/c13-12(14,15)7-20-8-19-6-9(4-17-19)18-11(22)16-5-10-2-1-3-21-10/h1-4,6H,5,7-8H2,(H2,16,18,22). The number of rotatable bonds is 6. The lowest BCUT2D eigenvalue weighted by Crippen LogP contribution is -2.27.